The van der Waals surface area contributed by atoms with Crippen LogP contribution in [0.2, 0.25) is 0 Å². The van der Waals surface area contributed by atoms with Crippen LogP contribution in [0, 0.1) is 0 Å². The molecule has 0 aliphatic rings. The molecule has 346 valence electrons. The molecular weight excluding hydrogens is 905 g/mol. The van der Waals surface area contributed by atoms with Crippen LogP contribution in [-0.4, -0.2) is 38.2 Å². The van der Waals surface area contributed by atoms with Gasteiger partial charge in [-0.1, -0.05) is 176 Å². The minimum absolute atomic E-state index is 0.614. The van der Waals surface area contributed by atoms with Crippen molar-refractivity contribution in [1.29, 1.82) is 0 Å². The number of hydrogen-bond donors (Lipinski definition) is 0. The van der Waals surface area contributed by atoms with Crippen molar-refractivity contribution in [2.24, 2.45) is 0 Å². The minimum Gasteiger partial charge on any atom is -0.309 e. The van der Waals surface area contributed by atoms with E-state index in [1.165, 1.54) is 16.2 Å². The summed E-state index contributed by atoms with van der Waals surface area (Å²) in [4.78, 5) is 20.7. The largest absolute Gasteiger partial charge is 0.309 e. The van der Waals surface area contributed by atoms with Gasteiger partial charge in [0.05, 0.1) is 27.6 Å². The number of rotatable bonds is 8. The lowest BCUT2D eigenvalue weighted by Gasteiger charge is -2.13. The van der Waals surface area contributed by atoms with Gasteiger partial charge in [-0.2, -0.15) is 0 Å². The molecule has 0 atom stereocenters. The normalized spacial score (nSPS) is 11.8. The molecular formula is C66H42N8. The second-order valence-electron chi connectivity index (χ2n) is 18.7. The van der Waals surface area contributed by atoms with Gasteiger partial charge in [-0.25, -0.2) is 19.9 Å². The second-order valence-corrected chi connectivity index (χ2v) is 18.7. The molecule has 0 aliphatic carbocycles. The Hall–Kier alpha value is -10.2. The third kappa shape index (κ3) is 6.55. The van der Waals surface area contributed by atoms with E-state index in [4.69, 9.17) is 19.9 Å². The Balaban J connectivity index is 0.937. The van der Waals surface area contributed by atoms with E-state index < -0.39 is 0 Å². The molecule has 0 spiro atoms. The van der Waals surface area contributed by atoms with E-state index in [1.807, 2.05) is 60.7 Å². The monoisotopic (exact) mass is 946 g/mol. The van der Waals surface area contributed by atoms with Crippen molar-refractivity contribution in [3.63, 3.8) is 0 Å². The molecule has 0 unspecified atom stereocenters. The van der Waals surface area contributed by atoms with Gasteiger partial charge in [0, 0.05) is 71.9 Å². The van der Waals surface area contributed by atoms with Gasteiger partial charge in [-0.05, 0) is 78.9 Å². The maximum atomic E-state index is 5.54. The zero-order valence-electron chi connectivity index (χ0n) is 39.8. The van der Waals surface area contributed by atoms with Gasteiger partial charge in [-0.15, -0.1) is 0 Å². The van der Waals surface area contributed by atoms with E-state index >= 15 is 0 Å². The highest BCUT2D eigenvalue weighted by molar-refractivity contribution is 6.19. The molecule has 0 amide bonds. The highest BCUT2D eigenvalue weighted by Gasteiger charge is 2.26. The van der Waals surface area contributed by atoms with Crippen LogP contribution in [0.3, 0.4) is 0 Å². The van der Waals surface area contributed by atoms with Gasteiger partial charge in [0.1, 0.15) is 11.3 Å². The first-order chi connectivity index (χ1) is 36.7. The molecule has 8 heteroatoms. The molecule has 0 fully saturated rings. The fourth-order valence-electron chi connectivity index (χ4n) is 11.1. The van der Waals surface area contributed by atoms with Crippen LogP contribution in [0.25, 0.3) is 134 Å². The third-order valence-electron chi connectivity index (χ3n) is 14.4. The molecule has 0 saturated heterocycles. The summed E-state index contributed by atoms with van der Waals surface area (Å²) in [6.45, 7) is 0. The van der Waals surface area contributed by atoms with Crippen molar-refractivity contribution in [2.45, 2.75) is 0 Å². The lowest BCUT2D eigenvalue weighted by molar-refractivity contribution is 1.07. The maximum absolute atomic E-state index is 5.54. The molecule has 0 bridgehead atoms. The Bertz CT molecular complexity index is 4570. The topological polar surface area (TPSA) is 71.3 Å². The number of para-hydroxylation sites is 4. The average Bonchev–Trinajstić information content (AvgIpc) is 4.24. The summed E-state index contributed by atoms with van der Waals surface area (Å²) >= 11 is 0. The Morgan fingerprint density at radius 3 is 1.27 bits per heavy atom. The van der Waals surface area contributed by atoms with Crippen LogP contribution >= 0.6 is 0 Å². The van der Waals surface area contributed by atoms with Crippen molar-refractivity contribution < 1.29 is 0 Å². The number of hydrogen-bond acceptors (Lipinski definition) is 4. The van der Waals surface area contributed by atoms with Crippen molar-refractivity contribution in [3.8, 4) is 68.3 Å². The average molecular weight is 947 g/mol. The van der Waals surface area contributed by atoms with Gasteiger partial charge in [0.2, 0.25) is 0 Å². The Kier molecular flexibility index (Phi) is 9.40. The summed E-state index contributed by atoms with van der Waals surface area (Å²) in [5.41, 5.74) is 15.5. The summed E-state index contributed by atoms with van der Waals surface area (Å²) in [7, 11) is 0. The molecule has 15 rings (SSSR count). The van der Waals surface area contributed by atoms with E-state index in [1.54, 1.807) is 0 Å². The third-order valence-corrected chi connectivity index (χ3v) is 14.4. The molecule has 0 saturated carbocycles. The van der Waals surface area contributed by atoms with Crippen molar-refractivity contribution >= 4 is 65.7 Å². The van der Waals surface area contributed by atoms with E-state index in [-0.39, 0.29) is 0 Å². The number of fused-ring (bicyclic) bond motifs is 9. The lowest BCUT2D eigenvalue weighted by Crippen LogP contribution is -2.01. The number of imidazole rings is 1. The molecule has 15 aromatic rings. The van der Waals surface area contributed by atoms with Gasteiger partial charge >= 0.3 is 0 Å². The Morgan fingerprint density at radius 2 is 0.662 bits per heavy atom. The van der Waals surface area contributed by atoms with E-state index in [0.717, 1.165) is 100 Å². The first kappa shape index (κ1) is 41.6. The maximum Gasteiger partial charge on any atom is 0.165 e. The molecule has 0 N–H and O–H groups in total. The number of aromatic nitrogens is 8. The highest BCUT2D eigenvalue weighted by Crippen LogP contribution is 2.43. The zero-order valence-corrected chi connectivity index (χ0v) is 39.8. The number of benzene rings is 10. The fourth-order valence-corrected chi connectivity index (χ4v) is 11.1. The quantitative estimate of drug-likeness (QED) is 0.152. The molecule has 5 aromatic heterocycles. The summed E-state index contributed by atoms with van der Waals surface area (Å²) < 4.78 is 9.48. The summed E-state index contributed by atoms with van der Waals surface area (Å²) in [5, 5.41) is 5.80. The molecule has 8 nitrogen and oxygen atoms in total. The van der Waals surface area contributed by atoms with Crippen LogP contribution in [0.15, 0.2) is 255 Å². The highest BCUT2D eigenvalue weighted by atomic mass is 15.2. The predicted octanol–water partition coefficient (Wildman–Crippen LogP) is 16.0. The smallest absolute Gasteiger partial charge is 0.165 e. The Labute approximate surface area is 425 Å². The molecule has 74 heavy (non-hydrogen) atoms. The van der Waals surface area contributed by atoms with Crippen LogP contribution < -0.4 is 0 Å². The first-order valence-corrected chi connectivity index (χ1v) is 24.9. The first-order valence-electron chi connectivity index (χ1n) is 24.9. The second kappa shape index (κ2) is 16.7. The van der Waals surface area contributed by atoms with E-state index in [0.29, 0.717) is 17.5 Å². The van der Waals surface area contributed by atoms with Crippen molar-refractivity contribution in [3.05, 3.63) is 255 Å². The van der Waals surface area contributed by atoms with Crippen LogP contribution in [0.4, 0.5) is 0 Å². The minimum atomic E-state index is 0.614. The van der Waals surface area contributed by atoms with Crippen LogP contribution in [0.5, 0.6) is 0 Å². The van der Waals surface area contributed by atoms with Gasteiger partial charge < -0.3 is 9.13 Å². The fraction of sp³-hybridized carbons (Fsp3) is 0. The van der Waals surface area contributed by atoms with E-state index in [9.17, 15) is 0 Å². The van der Waals surface area contributed by atoms with Crippen molar-refractivity contribution in [2.75, 3.05) is 0 Å². The van der Waals surface area contributed by atoms with Crippen LogP contribution in [0.1, 0.15) is 0 Å². The predicted molar refractivity (Wildman–Crippen MR) is 302 cm³/mol. The summed E-state index contributed by atoms with van der Waals surface area (Å²) in [6.07, 6.45) is 0. The number of nitrogens with zero attached hydrogens (tertiary/aromatic N) is 8. The summed E-state index contributed by atoms with van der Waals surface area (Å²) in [6, 6.07) is 89.7. The van der Waals surface area contributed by atoms with Gasteiger partial charge in [0.25, 0.3) is 0 Å². The standard InChI is InChI=1S/C66H42N8/c1-6-21-43(22-7-1)62-67-63(44-23-8-2-9-24-44)69-64(68-62)46-27-20-32-49(39-46)71-56-35-18-16-33-51(56)53-40-50(37-38-58(53)71)72-57-36-19-17-34-52(57)54-41-55-60(42-59(54)72)73(47-28-12-4-13-29-47)66-61(55)74(48-30-14-5-15-31-48)65(70-66)45-25-10-3-11-26-45/h1-42H. The summed E-state index contributed by atoms with van der Waals surface area (Å²) in [5.74, 6) is 2.78. The Morgan fingerprint density at radius 1 is 0.230 bits per heavy atom. The molecule has 0 radical (unpaired) electrons. The molecule has 10 aromatic carbocycles. The lowest BCUT2D eigenvalue weighted by atomic mass is 10.1. The zero-order chi connectivity index (χ0) is 48.7. The van der Waals surface area contributed by atoms with Crippen molar-refractivity contribution in [1.82, 2.24) is 38.2 Å². The van der Waals surface area contributed by atoms with Gasteiger partial charge in [0.15, 0.2) is 23.1 Å². The molecule has 5 heterocycles. The molecule has 0 aliphatic heterocycles. The van der Waals surface area contributed by atoms with Gasteiger partial charge in [-0.3, -0.25) is 9.13 Å². The van der Waals surface area contributed by atoms with E-state index in [2.05, 4.69) is 212 Å². The SMILES string of the molecule is c1ccc(-c2nc(-c3ccccc3)nc(-c3cccc(-n4c5ccccc5c5cc(-n6c7ccccc7c7cc8c9c(nc(-c%10ccccc%10)n9-c9ccccc9)n(-c9ccccc9)c8cc76)ccc54)c3)n2)cc1. The van der Waals surface area contributed by atoms with Crippen LogP contribution in [-0.2, 0) is 0 Å².